The van der Waals surface area contributed by atoms with Crippen molar-refractivity contribution in [1.82, 2.24) is 10.2 Å². The Labute approximate surface area is 233 Å². The minimum Gasteiger partial charge on any atom is -0.497 e. The maximum atomic E-state index is 14.2. The number of fused-ring (bicyclic) bond motifs is 1. The van der Waals surface area contributed by atoms with Gasteiger partial charge in [-0.2, -0.15) is 0 Å². The van der Waals surface area contributed by atoms with Gasteiger partial charge in [-0.3, -0.25) is 14.4 Å². The number of para-hydroxylation sites is 1. The summed E-state index contributed by atoms with van der Waals surface area (Å²) in [5.41, 5.74) is 0.119. The molecule has 2 N–H and O–H groups in total. The van der Waals surface area contributed by atoms with Gasteiger partial charge in [0.25, 0.3) is 0 Å². The molecule has 1 aliphatic carbocycles. The Morgan fingerprint density at radius 2 is 1.82 bits per heavy atom. The van der Waals surface area contributed by atoms with Gasteiger partial charge in [-0.15, -0.1) is 0 Å². The summed E-state index contributed by atoms with van der Waals surface area (Å²) in [7, 11) is 3.14. The van der Waals surface area contributed by atoms with Gasteiger partial charge >= 0.3 is 0 Å². The van der Waals surface area contributed by atoms with Crippen LogP contribution >= 0.6 is 0 Å². The van der Waals surface area contributed by atoms with E-state index in [1.54, 1.807) is 43.4 Å². The summed E-state index contributed by atoms with van der Waals surface area (Å²) in [6.45, 7) is 0.163. The number of anilines is 1. The van der Waals surface area contributed by atoms with Crippen molar-refractivity contribution >= 4 is 23.4 Å². The van der Waals surface area contributed by atoms with Crippen LogP contribution in [0.2, 0.25) is 0 Å². The Bertz CT molecular complexity index is 1340. The van der Waals surface area contributed by atoms with Gasteiger partial charge in [0.05, 0.1) is 38.7 Å². The number of methoxy groups -OCH3 is 2. The third kappa shape index (κ3) is 4.42. The fraction of sp³-hybridized carbons (Fsp3) is 0.452. The van der Waals surface area contributed by atoms with E-state index >= 15 is 0 Å². The van der Waals surface area contributed by atoms with Gasteiger partial charge in [0, 0.05) is 23.4 Å². The van der Waals surface area contributed by atoms with E-state index < -0.39 is 29.6 Å². The number of hydrogen-bond acceptors (Lipinski definition) is 6. The van der Waals surface area contributed by atoms with Crippen LogP contribution in [0.4, 0.5) is 5.69 Å². The summed E-state index contributed by atoms with van der Waals surface area (Å²) in [4.78, 5) is 43.5. The highest BCUT2D eigenvalue weighted by molar-refractivity contribution is 6.02. The maximum Gasteiger partial charge on any atom is 0.246 e. The molecule has 0 aromatic heterocycles. The van der Waals surface area contributed by atoms with Crippen molar-refractivity contribution in [2.75, 3.05) is 19.5 Å². The molecule has 40 heavy (non-hydrogen) atoms. The predicted molar refractivity (Wildman–Crippen MR) is 148 cm³/mol. The third-order valence-electron chi connectivity index (χ3n) is 8.75. The second kappa shape index (κ2) is 10.6. The first-order valence-electron chi connectivity index (χ1n) is 14.0. The molecule has 3 heterocycles. The van der Waals surface area contributed by atoms with Gasteiger partial charge in [0.1, 0.15) is 23.1 Å². The summed E-state index contributed by atoms with van der Waals surface area (Å²) in [5.74, 6) is -1.21. The van der Waals surface area contributed by atoms with E-state index in [1.807, 2.05) is 36.4 Å². The first-order chi connectivity index (χ1) is 19.4. The number of amides is 3. The van der Waals surface area contributed by atoms with Crippen molar-refractivity contribution in [2.24, 2.45) is 11.8 Å². The minimum atomic E-state index is -1.22. The second-order valence-corrected chi connectivity index (χ2v) is 11.0. The predicted octanol–water partition coefficient (Wildman–Crippen LogP) is 3.44. The number of carbonyl (C=O) groups excluding carboxylic acids is 3. The Balaban J connectivity index is 1.33. The molecule has 9 nitrogen and oxygen atoms in total. The largest absolute Gasteiger partial charge is 0.497 e. The van der Waals surface area contributed by atoms with Crippen LogP contribution in [-0.4, -0.2) is 60.6 Å². The Morgan fingerprint density at radius 1 is 1.02 bits per heavy atom. The lowest BCUT2D eigenvalue weighted by Crippen LogP contribution is -2.56. The molecule has 1 spiro atoms. The lowest BCUT2D eigenvalue weighted by molar-refractivity contribution is -0.142. The number of ether oxygens (including phenoxy) is 3. The molecule has 2 aromatic carbocycles. The van der Waals surface area contributed by atoms with Gasteiger partial charge in [0.15, 0.2) is 0 Å². The minimum absolute atomic E-state index is 0.0645. The molecule has 3 amide bonds. The lowest BCUT2D eigenvalue weighted by atomic mass is 9.74. The fourth-order valence-corrected chi connectivity index (χ4v) is 6.91. The smallest absolute Gasteiger partial charge is 0.246 e. The Morgan fingerprint density at radius 3 is 2.60 bits per heavy atom. The van der Waals surface area contributed by atoms with Gasteiger partial charge < -0.3 is 29.7 Å². The van der Waals surface area contributed by atoms with E-state index in [2.05, 4.69) is 10.6 Å². The number of hydrogen-bond donors (Lipinski definition) is 2. The van der Waals surface area contributed by atoms with Gasteiger partial charge in [0.2, 0.25) is 17.7 Å². The molecule has 1 saturated carbocycles. The lowest BCUT2D eigenvalue weighted by Gasteiger charge is -2.34. The molecular formula is C31H35N3O6. The molecule has 4 aliphatic rings. The van der Waals surface area contributed by atoms with Crippen molar-refractivity contribution in [3.63, 3.8) is 0 Å². The SMILES string of the molecule is COc1cccc(NC(=O)[C@@H]2[C@H]3C=C[C@]4(O3)[C@H](C(=O)NC3CCCCC3)N(Cc3ccccc3OC)C(=O)[C@@H]24)c1. The highest BCUT2D eigenvalue weighted by atomic mass is 16.5. The summed E-state index contributed by atoms with van der Waals surface area (Å²) < 4.78 is 17.3. The van der Waals surface area contributed by atoms with Crippen LogP contribution in [0.1, 0.15) is 37.7 Å². The van der Waals surface area contributed by atoms with Crippen molar-refractivity contribution in [3.8, 4) is 11.5 Å². The molecule has 2 aromatic rings. The average Bonchev–Trinajstić information content (AvgIpc) is 3.61. The van der Waals surface area contributed by atoms with E-state index in [9.17, 15) is 14.4 Å². The summed E-state index contributed by atoms with van der Waals surface area (Å²) >= 11 is 0. The number of likely N-dealkylation sites (tertiary alicyclic amines) is 1. The quantitative estimate of drug-likeness (QED) is 0.493. The zero-order chi connectivity index (χ0) is 27.9. The summed E-state index contributed by atoms with van der Waals surface area (Å²) in [5, 5.41) is 6.16. The summed E-state index contributed by atoms with van der Waals surface area (Å²) in [6, 6.07) is 13.7. The Kier molecular flexibility index (Phi) is 7.00. The molecule has 2 bridgehead atoms. The van der Waals surface area contributed by atoms with Crippen LogP contribution in [0, 0.1) is 11.8 Å². The molecule has 5 atom stereocenters. The number of rotatable bonds is 8. The van der Waals surface area contributed by atoms with Gasteiger partial charge in [-0.1, -0.05) is 55.7 Å². The van der Waals surface area contributed by atoms with Crippen molar-refractivity contribution < 1.29 is 28.6 Å². The molecule has 0 unspecified atom stereocenters. The molecule has 0 radical (unpaired) electrons. The van der Waals surface area contributed by atoms with Crippen molar-refractivity contribution in [3.05, 3.63) is 66.2 Å². The normalized spacial score (nSPS) is 28.9. The molecule has 9 heteroatoms. The highest BCUT2D eigenvalue weighted by Gasteiger charge is 2.72. The van der Waals surface area contributed by atoms with Crippen LogP contribution in [0.3, 0.4) is 0 Å². The first-order valence-corrected chi connectivity index (χ1v) is 14.0. The van der Waals surface area contributed by atoms with Gasteiger partial charge in [-0.25, -0.2) is 0 Å². The first kappa shape index (κ1) is 26.4. The molecule has 3 fully saturated rings. The van der Waals surface area contributed by atoms with E-state index in [0.717, 1.165) is 37.7 Å². The third-order valence-corrected chi connectivity index (χ3v) is 8.75. The van der Waals surface area contributed by atoms with E-state index in [1.165, 1.54) is 0 Å². The topological polar surface area (TPSA) is 106 Å². The molecular weight excluding hydrogens is 510 g/mol. The zero-order valence-corrected chi connectivity index (χ0v) is 22.8. The van der Waals surface area contributed by atoms with Crippen LogP contribution in [0.25, 0.3) is 0 Å². The fourth-order valence-electron chi connectivity index (χ4n) is 6.91. The van der Waals surface area contributed by atoms with E-state index in [0.29, 0.717) is 17.2 Å². The van der Waals surface area contributed by atoms with Crippen LogP contribution in [-0.2, 0) is 25.7 Å². The number of carbonyl (C=O) groups is 3. The average molecular weight is 546 g/mol. The molecule has 3 aliphatic heterocycles. The van der Waals surface area contributed by atoms with Crippen molar-refractivity contribution in [2.45, 2.75) is 62.4 Å². The van der Waals surface area contributed by atoms with E-state index in [-0.39, 0.29) is 30.3 Å². The molecule has 2 saturated heterocycles. The van der Waals surface area contributed by atoms with E-state index in [4.69, 9.17) is 14.2 Å². The number of benzene rings is 2. The van der Waals surface area contributed by atoms with Gasteiger partial charge in [-0.05, 0) is 31.0 Å². The van der Waals surface area contributed by atoms with Crippen molar-refractivity contribution in [1.29, 1.82) is 0 Å². The summed E-state index contributed by atoms with van der Waals surface area (Å²) in [6.07, 6.45) is 8.20. The van der Waals surface area contributed by atoms with Crippen LogP contribution in [0.15, 0.2) is 60.7 Å². The maximum absolute atomic E-state index is 14.2. The number of nitrogens with one attached hydrogen (secondary N) is 2. The number of nitrogens with zero attached hydrogens (tertiary/aromatic N) is 1. The standard InChI is InChI=1S/C31H35N3O6/c1-38-22-13-8-12-21(17-22)33-28(35)25-24-15-16-31(40-24)26(25)30(37)34(18-19-9-6-7-14-23(19)39-2)27(31)29(36)32-20-10-4-3-5-11-20/h6-9,12-17,20,24-27H,3-5,10-11,18H2,1-2H3,(H,32,36)(H,33,35)/t24-,25-,26-,27+,31-/m1/s1. The van der Waals surface area contributed by atoms with Crippen LogP contribution < -0.4 is 20.1 Å². The molecule has 6 rings (SSSR count). The second-order valence-electron chi connectivity index (χ2n) is 11.0. The Hall–Kier alpha value is -3.85. The van der Waals surface area contributed by atoms with Crippen LogP contribution in [0.5, 0.6) is 11.5 Å². The molecule has 210 valence electrons. The monoisotopic (exact) mass is 545 g/mol. The highest BCUT2D eigenvalue weighted by Crippen LogP contribution is 2.55. The zero-order valence-electron chi connectivity index (χ0n) is 22.8.